The van der Waals surface area contributed by atoms with E-state index < -0.39 is 6.04 Å². The van der Waals surface area contributed by atoms with E-state index in [4.69, 9.17) is 11.6 Å². The third-order valence-corrected chi connectivity index (χ3v) is 4.74. The number of carbonyl (C=O) groups is 1. The lowest BCUT2D eigenvalue weighted by molar-refractivity contribution is -0.116. The van der Waals surface area contributed by atoms with Gasteiger partial charge in [-0.05, 0) is 47.5 Å². The van der Waals surface area contributed by atoms with Crippen molar-refractivity contribution in [2.45, 2.75) is 19.1 Å². The fraction of sp³-hybridized carbons (Fsp3) is 0.235. The van der Waals surface area contributed by atoms with Crippen LogP contribution in [0.15, 0.2) is 35.5 Å². The van der Waals surface area contributed by atoms with Crippen molar-refractivity contribution in [2.75, 3.05) is 12.4 Å². The predicted octanol–water partition coefficient (Wildman–Crippen LogP) is 3.71. The number of halogens is 1. The maximum Gasteiger partial charge on any atom is 0.257 e. The lowest BCUT2D eigenvalue weighted by Gasteiger charge is -2.13. The highest BCUT2D eigenvalue weighted by atomic mass is 35.5. The molecule has 2 heterocycles. The van der Waals surface area contributed by atoms with E-state index in [9.17, 15) is 9.70 Å². The monoisotopic (exact) mass is 327 g/mol. The second-order valence-electron chi connectivity index (χ2n) is 6.02. The molecule has 1 atom stereocenters. The van der Waals surface area contributed by atoms with Crippen molar-refractivity contribution >= 4 is 23.2 Å². The number of carbonyl (C=O) groups excluding carboxylic acids is 1. The van der Waals surface area contributed by atoms with Crippen LogP contribution < -0.4 is 5.32 Å². The van der Waals surface area contributed by atoms with E-state index in [-0.39, 0.29) is 5.91 Å². The van der Waals surface area contributed by atoms with Crippen LogP contribution in [-0.2, 0) is 17.9 Å². The van der Waals surface area contributed by atoms with Gasteiger partial charge in [-0.25, -0.2) is 0 Å². The summed E-state index contributed by atoms with van der Waals surface area (Å²) in [6.07, 6.45) is 0. The summed E-state index contributed by atoms with van der Waals surface area (Å²) in [5, 5.41) is 6.51. The van der Waals surface area contributed by atoms with Gasteiger partial charge in [0.25, 0.3) is 5.91 Å². The lowest BCUT2D eigenvalue weighted by atomic mass is 9.92. The first-order chi connectivity index (χ1) is 11.1. The number of amides is 1. The van der Waals surface area contributed by atoms with Gasteiger partial charge >= 0.3 is 0 Å². The van der Waals surface area contributed by atoms with Crippen LogP contribution in [0.25, 0.3) is 11.1 Å². The first-order valence-corrected chi connectivity index (χ1v) is 7.72. The van der Waals surface area contributed by atoms with Crippen molar-refractivity contribution < 1.29 is 4.79 Å². The van der Waals surface area contributed by atoms with Gasteiger partial charge in [-0.1, -0.05) is 28.9 Å². The molecule has 0 bridgehead atoms. The van der Waals surface area contributed by atoms with Crippen molar-refractivity contribution in [2.24, 2.45) is 5.18 Å². The summed E-state index contributed by atoms with van der Waals surface area (Å²) in [7, 11) is 2.03. The number of nitroso groups, excluding NO2 is 1. The summed E-state index contributed by atoms with van der Waals surface area (Å²) in [6.45, 7) is 1.54. The first-order valence-electron chi connectivity index (χ1n) is 7.35. The number of rotatable bonds is 2. The third kappa shape index (κ3) is 2.16. The average Bonchev–Trinajstić information content (AvgIpc) is 3.06. The molecule has 0 radical (unpaired) electrons. The van der Waals surface area contributed by atoms with Crippen LogP contribution >= 0.6 is 11.6 Å². The largest absolute Gasteiger partial charge is 0.323 e. The third-order valence-electron chi connectivity index (χ3n) is 4.49. The van der Waals surface area contributed by atoms with Gasteiger partial charge in [0, 0.05) is 23.7 Å². The van der Waals surface area contributed by atoms with Gasteiger partial charge in [0.05, 0.1) is 5.69 Å². The Kier molecular flexibility index (Phi) is 3.21. The molecule has 0 aromatic heterocycles. The minimum absolute atomic E-state index is 0.347. The van der Waals surface area contributed by atoms with E-state index >= 15 is 0 Å². The van der Waals surface area contributed by atoms with Gasteiger partial charge in [-0.15, -0.1) is 4.91 Å². The molecule has 116 valence electrons. The molecule has 23 heavy (non-hydrogen) atoms. The van der Waals surface area contributed by atoms with Gasteiger partial charge in [0.1, 0.15) is 0 Å². The number of benzene rings is 2. The average molecular weight is 328 g/mol. The lowest BCUT2D eigenvalue weighted by Crippen LogP contribution is -2.10. The Hall–Kier alpha value is -2.24. The molecular formula is C17H14ClN3O2. The van der Waals surface area contributed by atoms with Crippen LogP contribution in [0.4, 0.5) is 5.69 Å². The maximum absolute atomic E-state index is 12.0. The molecular weight excluding hydrogens is 314 g/mol. The second kappa shape index (κ2) is 5.15. The van der Waals surface area contributed by atoms with E-state index in [0.717, 1.165) is 35.5 Å². The number of hydrogen-bond donors (Lipinski definition) is 1. The highest BCUT2D eigenvalue weighted by Crippen LogP contribution is 2.45. The minimum Gasteiger partial charge on any atom is -0.323 e. The Morgan fingerprint density at radius 1 is 1.22 bits per heavy atom. The molecule has 2 aliphatic heterocycles. The van der Waals surface area contributed by atoms with Crippen molar-refractivity contribution in [1.82, 2.24) is 4.90 Å². The number of nitrogens with zero attached hydrogens (tertiary/aromatic N) is 2. The Morgan fingerprint density at radius 2 is 1.91 bits per heavy atom. The SMILES string of the molecule is CN1Cc2c(-c3ccc(Cl)cc3)cc3c(c2C1)NC(=O)C3N=O. The van der Waals surface area contributed by atoms with Crippen LogP contribution in [0.5, 0.6) is 0 Å². The van der Waals surface area contributed by atoms with E-state index in [2.05, 4.69) is 15.4 Å². The highest BCUT2D eigenvalue weighted by molar-refractivity contribution is 6.30. The fourth-order valence-electron chi connectivity index (χ4n) is 3.44. The summed E-state index contributed by atoms with van der Waals surface area (Å²) in [5.41, 5.74) is 5.74. The van der Waals surface area contributed by atoms with E-state index in [0.29, 0.717) is 10.6 Å². The Balaban J connectivity index is 1.96. The Labute approximate surface area is 138 Å². The molecule has 0 fully saturated rings. The fourth-order valence-corrected chi connectivity index (χ4v) is 3.57. The topological polar surface area (TPSA) is 61.8 Å². The van der Waals surface area contributed by atoms with Crippen LogP contribution in [0.1, 0.15) is 22.7 Å². The van der Waals surface area contributed by atoms with Crippen molar-refractivity contribution in [3.05, 3.63) is 57.0 Å². The predicted molar refractivity (Wildman–Crippen MR) is 89.2 cm³/mol. The van der Waals surface area contributed by atoms with Crippen molar-refractivity contribution in [3.63, 3.8) is 0 Å². The number of nitrogens with one attached hydrogen (secondary N) is 1. The molecule has 6 heteroatoms. The first kappa shape index (κ1) is 14.4. The zero-order chi connectivity index (χ0) is 16.1. The second-order valence-corrected chi connectivity index (χ2v) is 6.46. The Morgan fingerprint density at radius 3 is 2.61 bits per heavy atom. The minimum atomic E-state index is -0.966. The molecule has 0 saturated carbocycles. The molecule has 5 nitrogen and oxygen atoms in total. The molecule has 0 saturated heterocycles. The number of anilines is 1. The summed E-state index contributed by atoms with van der Waals surface area (Å²) in [5.74, 6) is -0.347. The van der Waals surface area contributed by atoms with Crippen molar-refractivity contribution in [1.29, 1.82) is 0 Å². The molecule has 1 unspecified atom stereocenters. The zero-order valence-electron chi connectivity index (χ0n) is 12.5. The number of hydrogen-bond acceptors (Lipinski definition) is 4. The van der Waals surface area contributed by atoms with Gasteiger partial charge < -0.3 is 5.32 Å². The quantitative estimate of drug-likeness (QED) is 0.855. The summed E-state index contributed by atoms with van der Waals surface area (Å²) in [4.78, 5) is 25.3. The normalized spacial score (nSPS) is 19.4. The summed E-state index contributed by atoms with van der Waals surface area (Å²) in [6, 6.07) is 8.54. The van der Waals surface area contributed by atoms with E-state index in [1.807, 2.05) is 37.4 Å². The van der Waals surface area contributed by atoms with Crippen LogP contribution in [0.2, 0.25) is 5.02 Å². The van der Waals surface area contributed by atoms with Gasteiger partial charge in [-0.2, -0.15) is 0 Å². The van der Waals surface area contributed by atoms with Crippen molar-refractivity contribution in [3.8, 4) is 11.1 Å². The smallest absolute Gasteiger partial charge is 0.257 e. The molecule has 0 spiro atoms. The maximum atomic E-state index is 12.0. The van der Waals surface area contributed by atoms with Gasteiger partial charge in [0.15, 0.2) is 6.04 Å². The molecule has 2 aromatic rings. The van der Waals surface area contributed by atoms with Crippen LogP contribution in [0.3, 0.4) is 0 Å². The number of fused-ring (bicyclic) bond motifs is 3. The molecule has 2 aliphatic rings. The van der Waals surface area contributed by atoms with E-state index in [1.54, 1.807) is 0 Å². The molecule has 1 N–H and O–H groups in total. The summed E-state index contributed by atoms with van der Waals surface area (Å²) < 4.78 is 0. The molecule has 0 aliphatic carbocycles. The molecule has 2 aromatic carbocycles. The molecule has 1 amide bonds. The van der Waals surface area contributed by atoms with Gasteiger partial charge in [-0.3, -0.25) is 9.69 Å². The Bertz CT molecular complexity index is 833. The van der Waals surface area contributed by atoms with Crippen LogP contribution in [0, 0.1) is 4.91 Å². The standard InChI is InChI=1S/C17H14ClN3O2/c1-21-7-13-11(9-2-4-10(18)5-3-9)6-12-15(14(13)8-21)19-17(22)16(12)20-23/h2-6,16H,7-8H2,1H3,(H,19,22). The highest BCUT2D eigenvalue weighted by Gasteiger charge is 2.37. The molecule has 4 rings (SSSR count). The zero-order valence-corrected chi connectivity index (χ0v) is 13.2. The van der Waals surface area contributed by atoms with Crippen LogP contribution in [-0.4, -0.2) is 17.9 Å². The summed E-state index contributed by atoms with van der Waals surface area (Å²) >= 11 is 5.98. The van der Waals surface area contributed by atoms with Gasteiger partial charge in [0.2, 0.25) is 0 Å². The van der Waals surface area contributed by atoms with E-state index in [1.165, 1.54) is 5.56 Å².